The summed E-state index contributed by atoms with van der Waals surface area (Å²) >= 11 is 0. The van der Waals surface area contributed by atoms with E-state index in [9.17, 15) is 0 Å². The summed E-state index contributed by atoms with van der Waals surface area (Å²) in [7, 11) is -3.36. The molecule has 0 aliphatic rings. The van der Waals surface area contributed by atoms with Crippen molar-refractivity contribution in [1.29, 1.82) is 0 Å². The predicted octanol–water partition coefficient (Wildman–Crippen LogP) is 8.87. The van der Waals surface area contributed by atoms with Gasteiger partial charge in [-0.3, -0.25) is 0 Å². The van der Waals surface area contributed by atoms with E-state index in [1.165, 1.54) is 47.2 Å². The second-order valence-electron chi connectivity index (χ2n) is 11.9. The smallest absolute Gasteiger partial charge is 0.173 e. The minimum absolute atomic E-state index is 0.213. The highest BCUT2D eigenvalue weighted by molar-refractivity contribution is 6.84. The standard InChI is InChI=1S/C30H50O3Si2/c1-23(2)31-29-17-15-27(21-25(29)5)13-11-19-34(7,8)33-35(9,10)20-12-14-28-16-18-30(26(6)22-28)32-24(3)4/h15-18,21-24H,11-14,19-20H2,1-10H3. The van der Waals surface area contributed by atoms with Gasteiger partial charge in [0.2, 0.25) is 0 Å². The molecule has 0 saturated carbocycles. The second kappa shape index (κ2) is 13.1. The van der Waals surface area contributed by atoms with Crippen molar-refractivity contribution in [1.82, 2.24) is 0 Å². The molecule has 0 N–H and O–H groups in total. The Morgan fingerprint density at radius 3 is 1.31 bits per heavy atom. The number of hydrogen-bond donors (Lipinski definition) is 0. The lowest BCUT2D eigenvalue weighted by molar-refractivity contribution is 0.240. The maximum atomic E-state index is 6.91. The lowest BCUT2D eigenvalue weighted by Crippen LogP contribution is -2.44. The minimum Gasteiger partial charge on any atom is -0.491 e. The Morgan fingerprint density at radius 1 is 0.629 bits per heavy atom. The molecule has 0 spiro atoms. The van der Waals surface area contributed by atoms with Crippen molar-refractivity contribution in [3.05, 3.63) is 58.7 Å². The van der Waals surface area contributed by atoms with Crippen LogP contribution in [-0.2, 0) is 17.0 Å². The van der Waals surface area contributed by atoms with Crippen molar-refractivity contribution in [2.45, 2.75) is 118 Å². The summed E-state index contributed by atoms with van der Waals surface area (Å²) < 4.78 is 18.7. The van der Waals surface area contributed by atoms with Crippen LogP contribution in [0.1, 0.15) is 62.8 Å². The molecular formula is C30H50O3Si2. The van der Waals surface area contributed by atoms with Crippen LogP contribution >= 0.6 is 0 Å². The molecule has 2 aromatic rings. The topological polar surface area (TPSA) is 27.7 Å². The van der Waals surface area contributed by atoms with Crippen LogP contribution in [0.2, 0.25) is 38.3 Å². The van der Waals surface area contributed by atoms with Crippen LogP contribution in [0.15, 0.2) is 36.4 Å². The Hall–Kier alpha value is -1.57. The normalized spacial score (nSPS) is 12.5. The molecule has 0 aromatic heterocycles. The van der Waals surface area contributed by atoms with Crippen molar-refractivity contribution in [2.24, 2.45) is 0 Å². The third-order valence-electron chi connectivity index (χ3n) is 6.25. The van der Waals surface area contributed by atoms with Crippen molar-refractivity contribution < 1.29 is 13.6 Å². The molecule has 0 unspecified atom stereocenters. The van der Waals surface area contributed by atoms with Gasteiger partial charge in [-0.2, -0.15) is 0 Å². The Labute approximate surface area is 217 Å². The zero-order valence-electron chi connectivity index (χ0n) is 24.1. The number of rotatable bonds is 14. The molecule has 2 rings (SSSR count). The lowest BCUT2D eigenvalue weighted by atomic mass is 10.1. The maximum Gasteiger partial charge on any atom is 0.173 e. The highest BCUT2D eigenvalue weighted by Crippen LogP contribution is 2.27. The summed E-state index contributed by atoms with van der Waals surface area (Å²) in [5.74, 6) is 2.01. The maximum absolute atomic E-state index is 6.91. The van der Waals surface area contributed by atoms with Crippen molar-refractivity contribution in [3.63, 3.8) is 0 Å². The van der Waals surface area contributed by atoms with Crippen LogP contribution < -0.4 is 9.47 Å². The molecule has 3 nitrogen and oxygen atoms in total. The highest BCUT2D eigenvalue weighted by atomic mass is 28.4. The number of benzene rings is 2. The van der Waals surface area contributed by atoms with Gasteiger partial charge in [-0.1, -0.05) is 24.3 Å². The van der Waals surface area contributed by atoms with E-state index >= 15 is 0 Å². The molecule has 0 bridgehead atoms. The van der Waals surface area contributed by atoms with Gasteiger partial charge in [0.1, 0.15) is 11.5 Å². The highest BCUT2D eigenvalue weighted by Gasteiger charge is 2.32. The van der Waals surface area contributed by atoms with E-state index in [1.54, 1.807) is 0 Å². The van der Waals surface area contributed by atoms with E-state index in [-0.39, 0.29) is 12.2 Å². The monoisotopic (exact) mass is 514 g/mol. The quantitative estimate of drug-likeness (QED) is 0.236. The first kappa shape index (κ1) is 29.7. The molecule has 0 amide bonds. The zero-order chi connectivity index (χ0) is 26.2. The average Bonchev–Trinajstić information content (AvgIpc) is 2.70. The van der Waals surface area contributed by atoms with Crippen LogP contribution in [-0.4, -0.2) is 28.8 Å². The summed E-state index contributed by atoms with van der Waals surface area (Å²) in [4.78, 5) is 0. The van der Waals surface area contributed by atoms with Crippen LogP contribution in [0.25, 0.3) is 0 Å². The van der Waals surface area contributed by atoms with E-state index in [2.05, 4.69) is 104 Å². The van der Waals surface area contributed by atoms with Gasteiger partial charge in [0, 0.05) is 0 Å². The van der Waals surface area contributed by atoms with Gasteiger partial charge in [-0.05, 0) is 140 Å². The molecule has 196 valence electrons. The molecule has 0 aliphatic carbocycles. The summed E-state index contributed by atoms with van der Waals surface area (Å²) in [6.45, 7) is 22.2. The molecule has 0 radical (unpaired) electrons. The van der Waals surface area contributed by atoms with Gasteiger partial charge in [0.05, 0.1) is 12.2 Å². The first-order valence-corrected chi connectivity index (χ1v) is 19.7. The van der Waals surface area contributed by atoms with Gasteiger partial charge < -0.3 is 13.6 Å². The average molecular weight is 515 g/mol. The number of aryl methyl sites for hydroxylation is 4. The third kappa shape index (κ3) is 10.9. The van der Waals surface area contributed by atoms with Gasteiger partial charge in [0.25, 0.3) is 0 Å². The summed E-state index contributed by atoms with van der Waals surface area (Å²) in [5.41, 5.74) is 5.27. The first-order chi connectivity index (χ1) is 16.3. The molecule has 0 atom stereocenters. The van der Waals surface area contributed by atoms with E-state index in [0.29, 0.717) is 0 Å². The molecular weight excluding hydrogens is 464 g/mol. The molecule has 2 aromatic carbocycles. The lowest BCUT2D eigenvalue weighted by Gasteiger charge is -2.34. The molecule has 0 fully saturated rings. The second-order valence-corrected chi connectivity index (χ2v) is 20.7. The zero-order valence-corrected chi connectivity index (χ0v) is 26.1. The van der Waals surface area contributed by atoms with Crippen LogP contribution in [0.4, 0.5) is 0 Å². The fourth-order valence-electron chi connectivity index (χ4n) is 4.79. The predicted molar refractivity (Wildman–Crippen MR) is 156 cm³/mol. The fraction of sp³-hybridized carbons (Fsp3) is 0.600. The summed E-state index contributed by atoms with van der Waals surface area (Å²) in [5, 5.41) is 0. The SMILES string of the molecule is Cc1cc(CCC[Si](C)(C)O[Si](C)(C)CCCc2ccc(OC(C)C)c(C)c2)ccc1OC(C)C. The minimum atomic E-state index is -1.68. The summed E-state index contributed by atoms with van der Waals surface area (Å²) in [6.07, 6.45) is 5.03. The number of ether oxygens (including phenoxy) is 2. The fourth-order valence-corrected chi connectivity index (χ4v) is 13.6. The molecule has 0 heterocycles. The number of hydrogen-bond acceptors (Lipinski definition) is 3. The van der Waals surface area contributed by atoms with Crippen molar-refractivity contribution in [2.75, 3.05) is 0 Å². The first-order valence-electron chi connectivity index (χ1n) is 13.5. The van der Waals surface area contributed by atoms with Crippen molar-refractivity contribution >= 4 is 16.6 Å². The van der Waals surface area contributed by atoms with Crippen LogP contribution in [0, 0.1) is 13.8 Å². The Kier molecular flexibility index (Phi) is 11.1. The van der Waals surface area contributed by atoms with Crippen LogP contribution in [0.3, 0.4) is 0 Å². The molecule has 0 aliphatic heterocycles. The molecule has 5 heteroatoms. The Morgan fingerprint density at radius 2 is 1.00 bits per heavy atom. The van der Waals surface area contributed by atoms with Gasteiger partial charge >= 0.3 is 0 Å². The van der Waals surface area contributed by atoms with Gasteiger partial charge in [-0.25, -0.2) is 0 Å². The van der Waals surface area contributed by atoms with Crippen molar-refractivity contribution in [3.8, 4) is 11.5 Å². The van der Waals surface area contributed by atoms with Gasteiger partial charge in [0.15, 0.2) is 16.6 Å². The summed E-state index contributed by atoms with van der Waals surface area (Å²) in [6, 6.07) is 15.7. The van der Waals surface area contributed by atoms with Gasteiger partial charge in [-0.15, -0.1) is 0 Å². The van der Waals surface area contributed by atoms with Crippen LogP contribution in [0.5, 0.6) is 11.5 Å². The van der Waals surface area contributed by atoms with E-state index < -0.39 is 16.6 Å². The molecule has 0 saturated heterocycles. The van der Waals surface area contributed by atoms with E-state index in [4.69, 9.17) is 13.6 Å². The van der Waals surface area contributed by atoms with E-state index in [0.717, 1.165) is 24.3 Å². The Bertz CT molecular complexity index is 860. The third-order valence-corrected chi connectivity index (χ3v) is 13.8. The Balaban J connectivity index is 1.80. The largest absolute Gasteiger partial charge is 0.491 e. The van der Waals surface area contributed by atoms with E-state index in [1.807, 2.05) is 0 Å². The molecule has 35 heavy (non-hydrogen) atoms.